The van der Waals surface area contributed by atoms with Crippen molar-refractivity contribution in [2.24, 2.45) is 5.92 Å². The van der Waals surface area contributed by atoms with Crippen LogP contribution in [0, 0.1) is 5.92 Å². The highest BCUT2D eigenvalue weighted by Crippen LogP contribution is 2.36. The van der Waals surface area contributed by atoms with Gasteiger partial charge in [-0.2, -0.15) is 22.0 Å². The van der Waals surface area contributed by atoms with Gasteiger partial charge in [0.15, 0.2) is 11.6 Å². The quantitative estimate of drug-likeness (QED) is 0.140. The van der Waals surface area contributed by atoms with E-state index in [1.165, 1.54) is 45.2 Å². The Hall–Kier alpha value is -4.50. The lowest BCUT2D eigenvalue weighted by Gasteiger charge is -2.33. The Bertz CT molecular complexity index is 1670. The Morgan fingerprint density at radius 2 is 1.63 bits per heavy atom. The van der Waals surface area contributed by atoms with Gasteiger partial charge in [-0.1, -0.05) is 61.3 Å². The number of nitrogens with zero attached hydrogens (tertiary/aromatic N) is 2. The summed E-state index contributed by atoms with van der Waals surface area (Å²) in [7, 11) is 1.37. The Morgan fingerprint density at radius 3 is 2.18 bits per heavy atom. The van der Waals surface area contributed by atoms with Crippen molar-refractivity contribution in [1.82, 2.24) is 15.6 Å². The van der Waals surface area contributed by atoms with Crippen LogP contribution in [-0.2, 0) is 25.6 Å². The van der Waals surface area contributed by atoms with Gasteiger partial charge in [-0.15, -0.1) is 0 Å². The van der Waals surface area contributed by atoms with E-state index in [9.17, 15) is 46.2 Å². The number of ketones is 1. The zero-order valence-electron chi connectivity index (χ0n) is 26.2. The second-order valence-electron chi connectivity index (χ2n) is 11.0. The van der Waals surface area contributed by atoms with E-state index in [0.29, 0.717) is 16.3 Å². The highest BCUT2D eigenvalue weighted by Gasteiger charge is 2.52. The van der Waals surface area contributed by atoms with Crippen molar-refractivity contribution in [2.75, 3.05) is 18.6 Å². The second kappa shape index (κ2) is 16.3. The normalized spacial score (nSPS) is 13.0. The number of halogens is 7. The van der Waals surface area contributed by atoms with Crippen molar-refractivity contribution in [3.63, 3.8) is 0 Å². The molecule has 10 nitrogen and oxygen atoms in total. The average molecular weight is 734 g/mol. The SMILES string of the molecule is COc1ccc([C@@H](C(=O)N[C@H](C(=O)C(F)(F)C(=O)NCC(F)(F)F)C(C)C)N(C(=O)CCc2cccc(Cl)c2)c2ncc(Cl)cc2O)cc1. The lowest BCUT2D eigenvalue weighted by atomic mass is 9.94. The Labute approximate surface area is 287 Å². The van der Waals surface area contributed by atoms with Crippen molar-refractivity contribution in [1.29, 1.82) is 0 Å². The first-order chi connectivity index (χ1) is 22.8. The number of nitrogens with one attached hydrogen (secondary N) is 2. The molecule has 3 amide bonds. The Balaban J connectivity index is 2.10. The predicted molar refractivity (Wildman–Crippen MR) is 170 cm³/mol. The Kier molecular flexibility index (Phi) is 12.9. The maximum Gasteiger partial charge on any atom is 0.405 e. The van der Waals surface area contributed by atoms with Gasteiger partial charge in [-0.3, -0.25) is 24.1 Å². The molecule has 0 aliphatic carbocycles. The topological polar surface area (TPSA) is 138 Å². The molecule has 1 aromatic heterocycles. The highest BCUT2D eigenvalue weighted by atomic mass is 35.5. The minimum absolute atomic E-state index is 0.0328. The maximum atomic E-state index is 15.0. The summed E-state index contributed by atoms with van der Waals surface area (Å²) in [4.78, 5) is 58.1. The summed E-state index contributed by atoms with van der Waals surface area (Å²) in [5.41, 5.74) is 0.672. The van der Waals surface area contributed by atoms with Crippen molar-refractivity contribution in [3.8, 4) is 11.5 Å². The van der Waals surface area contributed by atoms with Crippen LogP contribution < -0.4 is 20.3 Å². The van der Waals surface area contributed by atoms with Crippen molar-refractivity contribution in [3.05, 3.63) is 82.0 Å². The molecule has 2 atom stereocenters. The van der Waals surface area contributed by atoms with Gasteiger partial charge in [0.2, 0.25) is 17.6 Å². The fourth-order valence-corrected chi connectivity index (χ4v) is 4.99. The van der Waals surface area contributed by atoms with E-state index >= 15 is 0 Å². The number of methoxy groups -OCH3 is 1. The first kappa shape index (κ1) is 38.9. The molecular weight excluding hydrogens is 702 g/mol. The first-order valence-electron chi connectivity index (χ1n) is 14.5. The van der Waals surface area contributed by atoms with Gasteiger partial charge < -0.3 is 20.5 Å². The van der Waals surface area contributed by atoms with E-state index in [1.807, 2.05) is 0 Å². The summed E-state index contributed by atoms with van der Waals surface area (Å²) in [6.07, 6.45) is -4.17. The number of benzene rings is 2. The van der Waals surface area contributed by atoms with Gasteiger partial charge in [0.05, 0.1) is 18.2 Å². The van der Waals surface area contributed by atoms with Crippen LogP contribution in [-0.4, -0.2) is 65.4 Å². The van der Waals surface area contributed by atoms with Crippen molar-refractivity contribution < 1.29 is 51.0 Å². The summed E-state index contributed by atoms with van der Waals surface area (Å²) in [5.74, 6) is -13.7. The summed E-state index contributed by atoms with van der Waals surface area (Å²) >= 11 is 12.0. The van der Waals surface area contributed by atoms with Crippen LogP contribution in [0.2, 0.25) is 10.0 Å². The van der Waals surface area contributed by atoms with E-state index in [1.54, 1.807) is 24.3 Å². The molecule has 0 bridgehead atoms. The van der Waals surface area contributed by atoms with Crippen LogP contribution in [0.25, 0.3) is 0 Å². The minimum Gasteiger partial charge on any atom is -0.504 e. The number of aryl methyl sites for hydroxylation is 1. The molecule has 0 fully saturated rings. The number of alkyl halides is 5. The van der Waals surface area contributed by atoms with Crippen LogP contribution in [0.1, 0.15) is 37.4 Å². The summed E-state index contributed by atoms with van der Waals surface area (Å²) in [5, 5.41) is 14.3. The van der Waals surface area contributed by atoms with Crippen LogP contribution >= 0.6 is 23.2 Å². The van der Waals surface area contributed by atoms with Gasteiger partial charge in [0.1, 0.15) is 18.3 Å². The van der Waals surface area contributed by atoms with E-state index in [-0.39, 0.29) is 23.4 Å². The third kappa shape index (κ3) is 10.2. The number of pyridine rings is 1. The predicted octanol–water partition coefficient (Wildman–Crippen LogP) is 5.83. The van der Waals surface area contributed by atoms with Gasteiger partial charge in [-0.05, 0) is 47.7 Å². The fraction of sp³-hybridized carbons (Fsp3) is 0.344. The number of amides is 3. The average Bonchev–Trinajstić information content (AvgIpc) is 3.03. The number of hydrogen-bond donors (Lipinski definition) is 3. The number of aromatic hydroxyl groups is 1. The van der Waals surface area contributed by atoms with Crippen LogP contribution in [0.4, 0.5) is 27.8 Å². The largest absolute Gasteiger partial charge is 0.504 e. The standard InChI is InChI=1S/C32H31Cl2F5N4O6/c1-17(2)25(27(46)32(38,39)30(48)41-16-31(35,36)37)42-29(47)26(19-8-10-22(49-3)11-9-19)43(28-23(44)14-21(34)15-40-28)24(45)12-7-18-5-4-6-20(33)13-18/h4-6,8-11,13-15,17,25-26,44H,7,12,16H2,1-3H3,(H,41,48)(H,42,47)/t25-,26-/m0/s1. The molecule has 0 aliphatic heterocycles. The van der Waals surface area contributed by atoms with Crippen molar-refractivity contribution >= 4 is 52.5 Å². The molecular formula is C32H31Cl2F5N4O6. The van der Waals surface area contributed by atoms with E-state index in [0.717, 1.165) is 22.5 Å². The molecule has 0 saturated heterocycles. The molecule has 3 aromatic rings. The number of carbonyl (C=O) groups is 4. The Morgan fingerprint density at radius 1 is 0.980 bits per heavy atom. The van der Waals surface area contributed by atoms with Crippen molar-refractivity contribution in [2.45, 2.75) is 50.9 Å². The van der Waals surface area contributed by atoms with Crippen LogP contribution in [0.3, 0.4) is 0 Å². The fourth-order valence-electron chi connectivity index (χ4n) is 4.63. The van der Waals surface area contributed by atoms with E-state index in [4.69, 9.17) is 27.9 Å². The zero-order chi connectivity index (χ0) is 36.7. The second-order valence-corrected chi connectivity index (χ2v) is 11.9. The summed E-state index contributed by atoms with van der Waals surface area (Å²) < 4.78 is 72.8. The molecule has 17 heteroatoms. The van der Waals surface area contributed by atoms with Gasteiger partial charge in [0.25, 0.3) is 5.91 Å². The molecule has 3 N–H and O–H groups in total. The molecule has 264 valence electrons. The number of carbonyl (C=O) groups excluding carboxylic acids is 4. The van der Waals surface area contributed by atoms with Gasteiger partial charge in [0, 0.05) is 23.7 Å². The number of rotatable bonds is 14. The number of ether oxygens (including phenoxy) is 1. The number of Topliss-reactive ketones (excluding diaryl/α,β-unsaturated/α-hetero) is 1. The molecule has 3 rings (SSSR count). The molecule has 49 heavy (non-hydrogen) atoms. The van der Waals surface area contributed by atoms with Gasteiger partial charge >= 0.3 is 12.1 Å². The minimum atomic E-state index is -5.05. The van der Waals surface area contributed by atoms with Gasteiger partial charge in [-0.25, -0.2) is 4.98 Å². The molecule has 0 unspecified atom stereocenters. The lowest BCUT2D eigenvalue weighted by molar-refractivity contribution is -0.165. The number of anilines is 1. The summed E-state index contributed by atoms with van der Waals surface area (Å²) in [6, 6.07) is 9.23. The number of hydrogen-bond acceptors (Lipinski definition) is 7. The lowest BCUT2D eigenvalue weighted by Crippen LogP contribution is -2.58. The first-order valence-corrected chi connectivity index (χ1v) is 15.2. The summed E-state index contributed by atoms with van der Waals surface area (Å²) in [6.45, 7) is 0.363. The van der Waals surface area contributed by atoms with E-state index in [2.05, 4.69) is 10.3 Å². The molecule has 0 saturated carbocycles. The maximum absolute atomic E-state index is 15.0. The van der Waals surface area contributed by atoms with Crippen LogP contribution in [0.5, 0.6) is 11.5 Å². The number of aromatic nitrogens is 1. The zero-order valence-corrected chi connectivity index (χ0v) is 27.7. The highest BCUT2D eigenvalue weighted by molar-refractivity contribution is 6.31. The molecule has 0 spiro atoms. The van der Waals surface area contributed by atoms with Crippen LogP contribution in [0.15, 0.2) is 60.8 Å². The molecule has 2 aromatic carbocycles. The van der Waals surface area contributed by atoms with E-state index < -0.39 is 71.7 Å². The molecule has 0 radical (unpaired) electrons. The third-order valence-electron chi connectivity index (χ3n) is 7.06. The molecule has 1 heterocycles. The molecule has 0 aliphatic rings. The third-order valence-corrected chi connectivity index (χ3v) is 7.50. The monoisotopic (exact) mass is 732 g/mol. The smallest absolute Gasteiger partial charge is 0.405 e.